The summed E-state index contributed by atoms with van der Waals surface area (Å²) in [7, 11) is 0. The van der Waals surface area contributed by atoms with Gasteiger partial charge >= 0.3 is 5.97 Å². The third kappa shape index (κ3) is 2.19. The Morgan fingerprint density at radius 1 is 1.20 bits per heavy atom. The molecule has 1 atom stereocenters. The minimum Gasteiger partial charge on any atom is -0.480 e. The Labute approximate surface area is 117 Å². The van der Waals surface area contributed by atoms with Crippen LogP contribution in [0.25, 0.3) is 0 Å². The van der Waals surface area contributed by atoms with Gasteiger partial charge in [-0.15, -0.1) is 0 Å². The van der Waals surface area contributed by atoms with Crippen molar-refractivity contribution in [2.75, 3.05) is 6.54 Å². The van der Waals surface area contributed by atoms with Gasteiger partial charge in [0.15, 0.2) is 0 Å². The van der Waals surface area contributed by atoms with Crippen molar-refractivity contribution in [1.29, 1.82) is 0 Å². The smallest absolute Gasteiger partial charge is 0.326 e. The molecule has 1 aliphatic carbocycles. The Hall–Kier alpha value is -1.85. The van der Waals surface area contributed by atoms with E-state index in [4.69, 9.17) is 0 Å². The highest BCUT2D eigenvalue weighted by Crippen LogP contribution is 2.30. The fourth-order valence-electron chi connectivity index (χ4n) is 3.34. The van der Waals surface area contributed by atoms with Gasteiger partial charge in [0.25, 0.3) is 5.91 Å². The Morgan fingerprint density at radius 2 is 1.95 bits per heavy atom. The molecule has 2 heterocycles. The van der Waals surface area contributed by atoms with E-state index in [9.17, 15) is 14.7 Å². The molecule has 1 saturated heterocycles. The lowest BCUT2D eigenvalue weighted by Crippen LogP contribution is -2.41. The third-order valence-electron chi connectivity index (χ3n) is 4.36. The van der Waals surface area contributed by atoms with Crippen molar-refractivity contribution in [3.63, 3.8) is 0 Å². The zero-order valence-corrected chi connectivity index (χ0v) is 11.4. The topological polar surface area (TPSA) is 75.4 Å². The first-order valence-corrected chi connectivity index (χ1v) is 7.26. The van der Waals surface area contributed by atoms with Gasteiger partial charge in [0, 0.05) is 12.7 Å². The van der Waals surface area contributed by atoms with Crippen molar-refractivity contribution in [3.8, 4) is 0 Å². The summed E-state index contributed by atoms with van der Waals surface area (Å²) in [6.07, 6.45) is 7.35. The molecule has 2 aliphatic rings. The number of carboxylic acid groups (broad SMARTS) is 1. The molecular weight excluding hydrogens is 258 g/mol. The van der Waals surface area contributed by atoms with E-state index in [2.05, 4.69) is 5.10 Å². The van der Waals surface area contributed by atoms with Crippen LogP contribution in [0.3, 0.4) is 0 Å². The van der Waals surface area contributed by atoms with Gasteiger partial charge < -0.3 is 10.0 Å². The number of amides is 1. The van der Waals surface area contributed by atoms with Crippen LogP contribution in [-0.4, -0.2) is 44.3 Å². The molecule has 6 heteroatoms. The first-order chi connectivity index (χ1) is 9.68. The second-order valence-corrected chi connectivity index (χ2v) is 5.59. The molecule has 108 valence electrons. The largest absolute Gasteiger partial charge is 0.480 e. The SMILES string of the molecule is O=C(O)C1CCCN1C(=O)c1ccnn1C1CCCC1. The predicted molar refractivity (Wildman–Crippen MR) is 71.4 cm³/mol. The quantitative estimate of drug-likeness (QED) is 0.912. The predicted octanol–water partition coefficient (Wildman–Crippen LogP) is 1.69. The molecule has 1 aromatic rings. The van der Waals surface area contributed by atoms with Crippen LogP contribution in [0.4, 0.5) is 0 Å². The van der Waals surface area contributed by atoms with Gasteiger partial charge in [-0.05, 0) is 31.7 Å². The highest BCUT2D eigenvalue weighted by molar-refractivity contribution is 5.95. The first-order valence-electron chi connectivity index (χ1n) is 7.26. The second kappa shape index (κ2) is 5.26. The molecular formula is C14H19N3O3. The molecule has 2 fully saturated rings. The highest BCUT2D eigenvalue weighted by atomic mass is 16.4. The standard InChI is InChI=1S/C14H19N3O3/c18-13(16-9-3-6-12(16)14(19)20)11-7-8-15-17(11)10-4-1-2-5-10/h7-8,10,12H,1-6,9H2,(H,19,20). The fraction of sp³-hybridized carbons (Fsp3) is 0.643. The molecule has 1 aliphatic heterocycles. The summed E-state index contributed by atoms with van der Waals surface area (Å²) < 4.78 is 1.80. The molecule has 1 N–H and O–H groups in total. The van der Waals surface area contributed by atoms with Crippen LogP contribution in [0.5, 0.6) is 0 Å². The van der Waals surface area contributed by atoms with E-state index in [1.807, 2.05) is 0 Å². The molecule has 0 bridgehead atoms. The van der Waals surface area contributed by atoms with Gasteiger partial charge in [0.2, 0.25) is 0 Å². The summed E-state index contributed by atoms with van der Waals surface area (Å²) in [5.74, 6) is -1.11. The monoisotopic (exact) mass is 277 g/mol. The molecule has 0 spiro atoms. The minimum atomic E-state index is -0.914. The van der Waals surface area contributed by atoms with Gasteiger partial charge in [-0.25, -0.2) is 4.79 Å². The van der Waals surface area contributed by atoms with Crippen LogP contribution in [0, 0.1) is 0 Å². The third-order valence-corrected chi connectivity index (χ3v) is 4.36. The number of hydrogen-bond donors (Lipinski definition) is 1. The molecule has 0 aromatic carbocycles. The Balaban J connectivity index is 1.84. The number of nitrogens with zero attached hydrogens (tertiary/aromatic N) is 3. The molecule has 1 aromatic heterocycles. The van der Waals surface area contributed by atoms with E-state index >= 15 is 0 Å². The van der Waals surface area contributed by atoms with Gasteiger partial charge in [0.1, 0.15) is 11.7 Å². The van der Waals surface area contributed by atoms with Crippen LogP contribution in [0.2, 0.25) is 0 Å². The van der Waals surface area contributed by atoms with E-state index in [0.717, 1.165) is 19.3 Å². The fourth-order valence-corrected chi connectivity index (χ4v) is 3.34. The normalized spacial score (nSPS) is 23.4. The maximum absolute atomic E-state index is 12.6. The van der Waals surface area contributed by atoms with Gasteiger partial charge in [-0.3, -0.25) is 9.48 Å². The summed E-state index contributed by atoms with van der Waals surface area (Å²) in [5, 5.41) is 13.5. The van der Waals surface area contributed by atoms with E-state index in [-0.39, 0.29) is 11.9 Å². The maximum Gasteiger partial charge on any atom is 0.326 e. The van der Waals surface area contributed by atoms with Crippen LogP contribution in [0.15, 0.2) is 12.3 Å². The number of rotatable bonds is 3. The van der Waals surface area contributed by atoms with E-state index in [1.165, 1.54) is 17.7 Å². The van der Waals surface area contributed by atoms with Crippen LogP contribution >= 0.6 is 0 Å². The summed E-state index contributed by atoms with van der Waals surface area (Å²) in [4.78, 5) is 25.3. The number of hydrogen-bond acceptors (Lipinski definition) is 3. The second-order valence-electron chi connectivity index (χ2n) is 5.59. The number of carboxylic acids is 1. The Bertz CT molecular complexity index is 519. The molecule has 1 unspecified atom stereocenters. The van der Waals surface area contributed by atoms with Crippen molar-refractivity contribution in [3.05, 3.63) is 18.0 Å². The van der Waals surface area contributed by atoms with Crippen molar-refractivity contribution >= 4 is 11.9 Å². The van der Waals surface area contributed by atoms with E-state index < -0.39 is 12.0 Å². The minimum absolute atomic E-state index is 0.195. The number of likely N-dealkylation sites (tertiary alicyclic amines) is 1. The van der Waals surface area contributed by atoms with Crippen molar-refractivity contribution in [1.82, 2.24) is 14.7 Å². The van der Waals surface area contributed by atoms with Crippen molar-refractivity contribution in [2.24, 2.45) is 0 Å². The molecule has 0 radical (unpaired) electrons. The molecule has 1 saturated carbocycles. The maximum atomic E-state index is 12.6. The zero-order valence-electron chi connectivity index (χ0n) is 11.4. The number of aliphatic carboxylic acids is 1. The average Bonchev–Trinajstić information content (AvgIpc) is 3.17. The zero-order chi connectivity index (χ0) is 14.1. The van der Waals surface area contributed by atoms with Gasteiger partial charge in [-0.2, -0.15) is 5.10 Å². The number of aromatic nitrogens is 2. The summed E-state index contributed by atoms with van der Waals surface area (Å²) in [5.41, 5.74) is 0.532. The van der Waals surface area contributed by atoms with E-state index in [1.54, 1.807) is 16.9 Å². The van der Waals surface area contributed by atoms with Gasteiger partial charge in [-0.1, -0.05) is 12.8 Å². The van der Waals surface area contributed by atoms with Crippen LogP contribution in [0.1, 0.15) is 55.1 Å². The lowest BCUT2D eigenvalue weighted by molar-refractivity contribution is -0.141. The molecule has 20 heavy (non-hydrogen) atoms. The van der Waals surface area contributed by atoms with Crippen molar-refractivity contribution in [2.45, 2.75) is 50.6 Å². The average molecular weight is 277 g/mol. The Morgan fingerprint density at radius 3 is 2.65 bits per heavy atom. The summed E-state index contributed by atoms with van der Waals surface area (Å²) >= 11 is 0. The molecule has 6 nitrogen and oxygen atoms in total. The van der Waals surface area contributed by atoms with Gasteiger partial charge in [0.05, 0.1) is 6.04 Å². The molecule has 3 rings (SSSR count). The lowest BCUT2D eigenvalue weighted by atomic mass is 10.2. The van der Waals surface area contributed by atoms with Crippen LogP contribution in [-0.2, 0) is 4.79 Å². The number of carbonyl (C=O) groups excluding carboxylic acids is 1. The highest BCUT2D eigenvalue weighted by Gasteiger charge is 2.36. The lowest BCUT2D eigenvalue weighted by Gasteiger charge is -2.23. The Kier molecular flexibility index (Phi) is 3.46. The summed E-state index contributed by atoms with van der Waals surface area (Å²) in [6.45, 7) is 0.519. The first kappa shape index (κ1) is 13.1. The summed E-state index contributed by atoms with van der Waals surface area (Å²) in [6, 6.07) is 1.31. The molecule has 1 amide bonds. The van der Waals surface area contributed by atoms with E-state index in [0.29, 0.717) is 18.7 Å². The van der Waals surface area contributed by atoms with Crippen LogP contribution < -0.4 is 0 Å². The van der Waals surface area contributed by atoms with Crippen molar-refractivity contribution < 1.29 is 14.7 Å². The number of carbonyl (C=O) groups is 2.